The van der Waals surface area contributed by atoms with E-state index in [9.17, 15) is 9.59 Å². The zero-order valence-electron chi connectivity index (χ0n) is 10.0. The summed E-state index contributed by atoms with van der Waals surface area (Å²) in [6.07, 6.45) is 2.79. The van der Waals surface area contributed by atoms with Gasteiger partial charge in [-0.3, -0.25) is 9.59 Å². The van der Waals surface area contributed by atoms with Gasteiger partial charge in [0, 0.05) is 29.8 Å². The van der Waals surface area contributed by atoms with Crippen LogP contribution in [0.4, 0.5) is 0 Å². The molecule has 0 aliphatic carbocycles. The van der Waals surface area contributed by atoms with Crippen molar-refractivity contribution in [2.75, 3.05) is 7.05 Å². The highest BCUT2D eigenvalue weighted by Crippen LogP contribution is 2.19. The molecule has 0 saturated carbocycles. The molecule has 5 heteroatoms. The van der Waals surface area contributed by atoms with Crippen LogP contribution in [0.25, 0.3) is 0 Å². The van der Waals surface area contributed by atoms with E-state index in [4.69, 9.17) is 0 Å². The van der Waals surface area contributed by atoms with Crippen molar-refractivity contribution in [2.45, 2.75) is 27.2 Å². The fourth-order valence-electron chi connectivity index (χ4n) is 0.876. The quantitative estimate of drug-likeness (QED) is 0.622. The van der Waals surface area contributed by atoms with Crippen molar-refractivity contribution in [1.29, 1.82) is 0 Å². The molecule has 0 aliphatic rings. The van der Waals surface area contributed by atoms with Gasteiger partial charge in [0.2, 0.25) is 12.3 Å². The average Bonchev–Trinajstić information content (AvgIpc) is 2.27. The molecular weight excluding hydrogens is 272 g/mol. The molecule has 0 heterocycles. The molecule has 2 amide bonds. The third-order valence-corrected chi connectivity index (χ3v) is 2.85. The van der Waals surface area contributed by atoms with Crippen LogP contribution < -0.4 is 5.32 Å². The zero-order valence-corrected chi connectivity index (χ0v) is 11.6. The van der Waals surface area contributed by atoms with Gasteiger partial charge in [-0.2, -0.15) is 0 Å². The number of nitrogens with one attached hydrogen (secondary N) is 1. The largest absolute Gasteiger partial charge is 0.330 e. The molecule has 0 aliphatic heterocycles. The van der Waals surface area contributed by atoms with E-state index in [0.717, 1.165) is 15.8 Å². The van der Waals surface area contributed by atoms with Crippen LogP contribution >= 0.6 is 15.9 Å². The van der Waals surface area contributed by atoms with Gasteiger partial charge in [0.05, 0.1) is 0 Å². The predicted molar refractivity (Wildman–Crippen MR) is 67.6 cm³/mol. The Bertz CT molecular complexity index is 335. The summed E-state index contributed by atoms with van der Waals surface area (Å²) in [7, 11) is 1.64. The SMILES string of the molecule is CCC(=O)N/C(C)=C(C)/C(Br)=C\N(C)C=O. The Morgan fingerprint density at radius 2 is 2.00 bits per heavy atom. The summed E-state index contributed by atoms with van der Waals surface area (Å²) in [4.78, 5) is 23.0. The van der Waals surface area contributed by atoms with Gasteiger partial charge in [-0.25, -0.2) is 0 Å². The summed E-state index contributed by atoms with van der Waals surface area (Å²) in [5.41, 5.74) is 1.66. The van der Waals surface area contributed by atoms with Crippen LogP contribution in [0, 0.1) is 0 Å². The zero-order chi connectivity index (χ0) is 12.7. The standard InChI is InChI=1S/C11H17BrN2O2/c1-5-11(16)13-9(3)8(2)10(12)6-14(4)7-15/h6-7H,5H2,1-4H3,(H,13,16)/b9-8+,10-6+. The van der Waals surface area contributed by atoms with E-state index in [1.807, 2.05) is 13.8 Å². The van der Waals surface area contributed by atoms with Crippen LogP contribution in [0.1, 0.15) is 27.2 Å². The van der Waals surface area contributed by atoms with Gasteiger partial charge < -0.3 is 10.2 Å². The second-order valence-corrected chi connectivity index (χ2v) is 4.25. The second kappa shape index (κ2) is 7.22. The normalized spacial score (nSPS) is 12.9. The number of carbonyl (C=O) groups is 2. The first-order valence-corrected chi connectivity index (χ1v) is 5.73. The van der Waals surface area contributed by atoms with Crippen molar-refractivity contribution >= 4 is 28.2 Å². The van der Waals surface area contributed by atoms with Gasteiger partial charge in [0.25, 0.3) is 0 Å². The number of hydrogen-bond acceptors (Lipinski definition) is 2. The summed E-state index contributed by atoms with van der Waals surface area (Å²) in [5, 5.41) is 2.76. The van der Waals surface area contributed by atoms with Crippen LogP contribution in [0.3, 0.4) is 0 Å². The molecular formula is C11H17BrN2O2. The number of halogens is 1. The van der Waals surface area contributed by atoms with Gasteiger partial charge in [-0.05, 0) is 35.4 Å². The minimum absolute atomic E-state index is 0.0270. The Labute approximate surface area is 105 Å². The van der Waals surface area contributed by atoms with Gasteiger partial charge in [-0.15, -0.1) is 0 Å². The topological polar surface area (TPSA) is 49.4 Å². The Kier molecular flexibility index (Phi) is 6.72. The minimum atomic E-state index is -0.0270. The van der Waals surface area contributed by atoms with Gasteiger partial charge in [0.1, 0.15) is 0 Å². The molecule has 0 radical (unpaired) electrons. The Morgan fingerprint density at radius 3 is 2.44 bits per heavy atom. The van der Waals surface area contributed by atoms with Crippen molar-refractivity contribution in [3.05, 3.63) is 22.0 Å². The van der Waals surface area contributed by atoms with Gasteiger partial charge in [-0.1, -0.05) is 6.92 Å². The smallest absolute Gasteiger partial charge is 0.223 e. The first kappa shape index (κ1) is 14.9. The third kappa shape index (κ3) is 5.11. The summed E-state index contributed by atoms with van der Waals surface area (Å²) >= 11 is 3.35. The van der Waals surface area contributed by atoms with Crippen LogP contribution in [-0.2, 0) is 9.59 Å². The third-order valence-electron chi connectivity index (χ3n) is 2.05. The molecule has 0 atom stereocenters. The second-order valence-electron chi connectivity index (χ2n) is 3.40. The number of amides is 2. The maximum Gasteiger partial charge on any atom is 0.223 e. The molecule has 1 N–H and O–H groups in total. The van der Waals surface area contributed by atoms with Crippen LogP contribution in [0.15, 0.2) is 22.0 Å². The highest BCUT2D eigenvalue weighted by Gasteiger charge is 2.04. The monoisotopic (exact) mass is 288 g/mol. The summed E-state index contributed by atoms with van der Waals surface area (Å²) in [6, 6.07) is 0. The lowest BCUT2D eigenvalue weighted by Crippen LogP contribution is -2.21. The van der Waals surface area contributed by atoms with E-state index in [2.05, 4.69) is 21.2 Å². The number of allylic oxidation sites excluding steroid dienone is 3. The van der Waals surface area contributed by atoms with E-state index in [0.29, 0.717) is 12.8 Å². The molecule has 0 fully saturated rings. The predicted octanol–water partition coefficient (Wildman–Crippen LogP) is 2.13. The van der Waals surface area contributed by atoms with E-state index in [-0.39, 0.29) is 5.91 Å². The summed E-state index contributed by atoms with van der Waals surface area (Å²) in [6.45, 7) is 5.48. The van der Waals surface area contributed by atoms with E-state index in [1.54, 1.807) is 20.2 Å². The highest BCUT2D eigenvalue weighted by atomic mass is 79.9. The molecule has 16 heavy (non-hydrogen) atoms. The number of nitrogens with zero attached hydrogens (tertiary/aromatic N) is 1. The van der Waals surface area contributed by atoms with Crippen molar-refractivity contribution < 1.29 is 9.59 Å². The van der Waals surface area contributed by atoms with Crippen LogP contribution in [-0.4, -0.2) is 24.3 Å². The summed E-state index contributed by atoms with van der Waals surface area (Å²) in [5.74, 6) is -0.0270. The Balaban J connectivity index is 4.80. The minimum Gasteiger partial charge on any atom is -0.330 e. The molecule has 0 aromatic heterocycles. The molecule has 4 nitrogen and oxygen atoms in total. The average molecular weight is 289 g/mol. The fourth-order valence-corrected chi connectivity index (χ4v) is 1.50. The molecule has 90 valence electrons. The maximum atomic E-state index is 11.2. The molecule has 0 saturated heterocycles. The Morgan fingerprint density at radius 1 is 1.44 bits per heavy atom. The lowest BCUT2D eigenvalue weighted by atomic mass is 10.2. The van der Waals surface area contributed by atoms with Crippen molar-refractivity contribution in [3.8, 4) is 0 Å². The first-order chi connectivity index (χ1) is 7.42. The van der Waals surface area contributed by atoms with Crippen molar-refractivity contribution in [3.63, 3.8) is 0 Å². The van der Waals surface area contributed by atoms with E-state index < -0.39 is 0 Å². The first-order valence-electron chi connectivity index (χ1n) is 4.94. The van der Waals surface area contributed by atoms with Gasteiger partial charge in [0.15, 0.2) is 0 Å². The molecule has 0 spiro atoms. The van der Waals surface area contributed by atoms with Crippen molar-refractivity contribution in [1.82, 2.24) is 10.2 Å². The lowest BCUT2D eigenvalue weighted by Gasteiger charge is -2.10. The lowest BCUT2D eigenvalue weighted by molar-refractivity contribution is -0.120. The molecule has 0 bridgehead atoms. The van der Waals surface area contributed by atoms with E-state index >= 15 is 0 Å². The van der Waals surface area contributed by atoms with E-state index in [1.165, 1.54) is 4.90 Å². The maximum absolute atomic E-state index is 11.2. The molecule has 0 unspecified atom stereocenters. The highest BCUT2D eigenvalue weighted by molar-refractivity contribution is 9.12. The molecule has 0 aromatic carbocycles. The number of hydrogen-bond donors (Lipinski definition) is 1. The van der Waals surface area contributed by atoms with Crippen LogP contribution in [0.2, 0.25) is 0 Å². The van der Waals surface area contributed by atoms with Crippen LogP contribution in [0.5, 0.6) is 0 Å². The molecule has 0 aromatic rings. The Hall–Kier alpha value is -1.10. The summed E-state index contributed by atoms with van der Waals surface area (Å²) < 4.78 is 0.760. The number of carbonyl (C=O) groups excluding carboxylic acids is 2. The molecule has 0 rings (SSSR count). The van der Waals surface area contributed by atoms with Gasteiger partial charge >= 0.3 is 0 Å². The number of rotatable bonds is 5. The fraction of sp³-hybridized carbons (Fsp3) is 0.455. The van der Waals surface area contributed by atoms with Crippen molar-refractivity contribution in [2.24, 2.45) is 0 Å².